The Labute approximate surface area is 234 Å². The summed E-state index contributed by atoms with van der Waals surface area (Å²) in [6.07, 6.45) is 1.67. The Morgan fingerprint density at radius 2 is 1.57 bits per heavy atom. The zero-order valence-corrected chi connectivity index (χ0v) is 23.3. The zero-order valence-electron chi connectivity index (χ0n) is 22.5. The van der Waals surface area contributed by atoms with E-state index in [1.807, 2.05) is 91.8 Å². The molecule has 3 aromatic carbocycles. The molecular weight excluding hydrogens is 526 g/mol. The molecule has 206 valence electrons. The number of sulfonamides is 1. The van der Waals surface area contributed by atoms with Gasteiger partial charge in [0, 0.05) is 68.5 Å². The van der Waals surface area contributed by atoms with E-state index in [4.69, 9.17) is 4.84 Å². The van der Waals surface area contributed by atoms with Gasteiger partial charge in [0.2, 0.25) is 10.0 Å². The van der Waals surface area contributed by atoms with Crippen molar-refractivity contribution >= 4 is 38.1 Å². The maximum atomic E-state index is 13.6. The first-order valence-corrected chi connectivity index (χ1v) is 14.4. The molecule has 1 amide bonds. The van der Waals surface area contributed by atoms with Crippen LogP contribution in [0.25, 0.3) is 10.8 Å². The lowest BCUT2D eigenvalue weighted by molar-refractivity contribution is -0.137. The van der Waals surface area contributed by atoms with Gasteiger partial charge in [-0.1, -0.05) is 65.8 Å². The second-order valence-electron chi connectivity index (χ2n) is 9.60. The molecule has 1 aliphatic heterocycles. The van der Waals surface area contributed by atoms with Gasteiger partial charge in [-0.2, -0.15) is 4.31 Å². The number of piperazine rings is 1. The Bertz CT molecular complexity index is 1580. The van der Waals surface area contributed by atoms with Crippen LogP contribution in [0.15, 0.2) is 101 Å². The molecular formula is C30H31N5O4S. The second kappa shape index (κ2) is 11.8. The Balaban J connectivity index is 1.25. The fourth-order valence-corrected chi connectivity index (χ4v) is 6.41. The summed E-state index contributed by atoms with van der Waals surface area (Å²) in [5.74, 6) is -0.255. The van der Waals surface area contributed by atoms with Crippen molar-refractivity contribution in [2.75, 3.05) is 51.8 Å². The molecule has 0 unspecified atom stereocenters. The first-order chi connectivity index (χ1) is 19.4. The van der Waals surface area contributed by atoms with Gasteiger partial charge in [-0.3, -0.25) is 9.78 Å². The van der Waals surface area contributed by atoms with Gasteiger partial charge in [0.25, 0.3) is 5.91 Å². The van der Waals surface area contributed by atoms with Crippen molar-refractivity contribution in [1.29, 1.82) is 0 Å². The van der Waals surface area contributed by atoms with Crippen LogP contribution in [-0.2, 0) is 19.7 Å². The van der Waals surface area contributed by atoms with E-state index in [2.05, 4.69) is 10.1 Å². The molecule has 0 spiro atoms. The van der Waals surface area contributed by atoms with Crippen LogP contribution >= 0.6 is 0 Å². The summed E-state index contributed by atoms with van der Waals surface area (Å²) in [6, 6.07) is 26.0. The molecule has 1 aliphatic rings. The highest BCUT2D eigenvalue weighted by Crippen LogP contribution is 2.32. The number of carbonyl (C=O) groups is 1. The van der Waals surface area contributed by atoms with Gasteiger partial charge in [-0.25, -0.2) is 8.42 Å². The number of hydrogen-bond acceptors (Lipinski definition) is 7. The van der Waals surface area contributed by atoms with Gasteiger partial charge in [0.15, 0.2) is 6.61 Å². The summed E-state index contributed by atoms with van der Waals surface area (Å²) in [5, 5.41) is 5.79. The van der Waals surface area contributed by atoms with Crippen LogP contribution in [0.1, 0.15) is 11.3 Å². The van der Waals surface area contributed by atoms with Crippen molar-refractivity contribution in [2.24, 2.45) is 5.16 Å². The number of hydrogen-bond donors (Lipinski definition) is 0. The Morgan fingerprint density at radius 1 is 0.875 bits per heavy atom. The number of oxime groups is 1. The van der Waals surface area contributed by atoms with Crippen LogP contribution in [0.5, 0.6) is 0 Å². The van der Waals surface area contributed by atoms with Crippen LogP contribution in [0.2, 0.25) is 0 Å². The van der Waals surface area contributed by atoms with Gasteiger partial charge in [-0.05, 0) is 24.3 Å². The standard InChI is InChI=1S/C30H31N5O4S/c1-33(2)27-15-8-13-25-24(27)12-9-16-28(25)40(37,38)35-20-18-34(19-21-35)29(36)22-39-32-30(23-10-4-3-5-11-23)26-14-6-7-17-31-26/h3-17H,18-22H2,1-2H3/b32-30-. The SMILES string of the molecule is CN(C)c1cccc2c(S(=O)(=O)N3CCN(C(=O)CO/N=C(/c4ccccc4)c4ccccn4)CC3)cccc12. The van der Waals surface area contributed by atoms with Crippen LogP contribution < -0.4 is 4.90 Å². The lowest BCUT2D eigenvalue weighted by Gasteiger charge is -2.34. The molecule has 0 bridgehead atoms. The summed E-state index contributed by atoms with van der Waals surface area (Å²) in [7, 11) is 0.113. The summed E-state index contributed by atoms with van der Waals surface area (Å²) < 4.78 is 28.7. The minimum Gasteiger partial charge on any atom is -0.385 e. The van der Waals surface area contributed by atoms with E-state index in [-0.39, 0.29) is 43.6 Å². The van der Waals surface area contributed by atoms with E-state index in [9.17, 15) is 13.2 Å². The number of fused-ring (bicyclic) bond motifs is 1. The van der Waals surface area contributed by atoms with Crippen molar-refractivity contribution in [3.8, 4) is 0 Å². The van der Waals surface area contributed by atoms with E-state index >= 15 is 0 Å². The molecule has 1 fully saturated rings. The number of rotatable bonds is 8. The molecule has 0 radical (unpaired) electrons. The van der Waals surface area contributed by atoms with Crippen molar-refractivity contribution in [3.05, 3.63) is 102 Å². The molecule has 1 saturated heterocycles. The number of amides is 1. The predicted octanol–water partition coefficient (Wildman–Crippen LogP) is 3.60. The van der Waals surface area contributed by atoms with Crippen molar-refractivity contribution in [1.82, 2.24) is 14.2 Å². The molecule has 0 atom stereocenters. The highest BCUT2D eigenvalue weighted by Gasteiger charge is 2.31. The monoisotopic (exact) mass is 557 g/mol. The number of anilines is 1. The lowest BCUT2D eigenvalue weighted by atomic mass is 10.1. The van der Waals surface area contributed by atoms with Crippen LogP contribution in [-0.4, -0.2) is 81.1 Å². The van der Waals surface area contributed by atoms with Crippen LogP contribution in [0, 0.1) is 0 Å². The molecule has 0 N–H and O–H groups in total. The number of benzene rings is 3. The fourth-order valence-electron chi connectivity index (χ4n) is 4.79. The summed E-state index contributed by atoms with van der Waals surface area (Å²) in [6.45, 7) is 0.677. The Kier molecular flexibility index (Phi) is 8.09. The number of nitrogens with zero attached hydrogens (tertiary/aromatic N) is 5. The Hall–Kier alpha value is -4.28. The van der Waals surface area contributed by atoms with E-state index < -0.39 is 10.0 Å². The summed E-state index contributed by atoms with van der Waals surface area (Å²) in [5.41, 5.74) is 2.92. The van der Waals surface area contributed by atoms with Crippen molar-refractivity contribution < 1.29 is 18.0 Å². The molecule has 0 aliphatic carbocycles. The summed E-state index contributed by atoms with van der Waals surface area (Å²) in [4.78, 5) is 26.6. The smallest absolute Gasteiger partial charge is 0.263 e. The number of carbonyl (C=O) groups excluding carboxylic acids is 1. The normalized spacial score (nSPS) is 14.8. The van der Waals surface area contributed by atoms with Crippen molar-refractivity contribution in [3.63, 3.8) is 0 Å². The van der Waals surface area contributed by atoms with Gasteiger partial charge in [-0.15, -0.1) is 0 Å². The molecule has 9 nitrogen and oxygen atoms in total. The van der Waals surface area contributed by atoms with Crippen LogP contribution in [0.4, 0.5) is 5.69 Å². The first kappa shape index (κ1) is 27.3. The third-order valence-corrected chi connectivity index (χ3v) is 8.81. The maximum Gasteiger partial charge on any atom is 0.263 e. The molecule has 2 heterocycles. The fraction of sp³-hybridized carbons (Fsp3) is 0.233. The van der Waals surface area contributed by atoms with E-state index in [0.717, 1.165) is 16.6 Å². The van der Waals surface area contributed by atoms with Gasteiger partial charge < -0.3 is 14.6 Å². The first-order valence-electron chi connectivity index (χ1n) is 13.0. The highest BCUT2D eigenvalue weighted by molar-refractivity contribution is 7.89. The number of pyridine rings is 1. The van der Waals surface area contributed by atoms with Gasteiger partial charge in [0.1, 0.15) is 5.71 Å². The average molecular weight is 558 g/mol. The largest absolute Gasteiger partial charge is 0.385 e. The number of aromatic nitrogens is 1. The lowest BCUT2D eigenvalue weighted by Crippen LogP contribution is -2.51. The maximum absolute atomic E-state index is 13.6. The quantitative estimate of drug-likeness (QED) is 0.243. The average Bonchev–Trinajstić information content (AvgIpc) is 2.99. The van der Waals surface area contributed by atoms with Crippen molar-refractivity contribution in [2.45, 2.75) is 4.90 Å². The predicted molar refractivity (Wildman–Crippen MR) is 156 cm³/mol. The minimum absolute atomic E-state index is 0.199. The molecule has 4 aromatic rings. The zero-order chi connectivity index (χ0) is 28.1. The highest BCUT2D eigenvalue weighted by atomic mass is 32.2. The molecule has 5 rings (SSSR count). The van der Waals surface area contributed by atoms with Crippen LogP contribution in [0.3, 0.4) is 0 Å². The molecule has 1 aromatic heterocycles. The third kappa shape index (κ3) is 5.68. The summed E-state index contributed by atoms with van der Waals surface area (Å²) >= 11 is 0. The molecule has 40 heavy (non-hydrogen) atoms. The third-order valence-electron chi connectivity index (χ3n) is 6.85. The molecule has 10 heteroatoms. The minimum atomic E-state index is -3.75. The second-order valence-corrected chi connectivity index (χ2v) is 11.5. The van der Waals surface area contributed by atoms with Gasteiger partial charge >= 0.3 is 0 Å². The van der Waals surface area contributed by atoms with Gasteiger partial charge in [0.05, 0.1) is 10.6 Å². The van der Waals surface area contributed by atoms with E-state index in [1.54, 1.807) is 23.2 Å². The molecule has 0 saturated carbocycles. The van der Waals surface area contributed by atoms with E-state index in [1.165, 1.54) is 4.31 Å². The topological polar surface area (TPSA) is 95.4 Å². The Morgan fingerprint density at radius 3 is 2.27 bits per heavy atom. The van der Waals surface area contributed by atoms with E-state index in [0.29, 0.717) is 16.8 Å².